The summed E-state index contributed by atoms with van der Waals surface area (Å²) in [5.41, 5.74) is -0.389. The van der Waals surface area contributed by atoms with Gasteiger partial charge in [-0.2, -0.15) is 0 Å². The number of methoxy groups -OCH3 is 4. The van der Waals surface area contributed by atoms with E-state index in [1.54, 1.807) is 28.9 Å². The number of ether oxygens (including phenoxy) is 5. The van der Waals surface area contributed by atoms with Crippen LogP contribution in [0.25, 0.3) is 0 Å². The van der Waals surface area contributed by atoms with E-state index in [1.807, 2.05) is 13.8 Å². The molecule has 194 valence electrons. The first kappa shape index (κ1) is 26.6. The minimum Gasteiger partial charge on any atom is -0.493 e. The molecule has 2 fully saturated rings. The van der Waals surface area contributed by atoms with Crippen LogP contribution in [0.1, 0.15) is 44.0 Å². The van der Waals surface area contributed by atoms with Crippen molar-refractivity contribution < 1.29 is 38.1 Å². The molecule has 2 atom stereocenters. The molecule has 2 heterocycles. The summed E-state index contributed by atoms with van der Waals surface area (Å²) in [5, 5.41) is 0. The van der Waals surface area contributed by atoms with Crippen molar-refractivity contribution in [3.63, 3.8) is 0 Å². The van der Waals surface area contributed by atoms with E-state index in [4.69, 9.17) is 23.7 Å². The molecular formula is C25H36N2O8. The quantitative estimate of drug-likeness (QED) is 0.509. The fraction of sp³-hybridized carbons (Fsp3) is 0.640. The number of piperidine rings is 1. The number of hydrogen-bond donors (Lipinski definition) is 0. The lowest BCUT2D eigenvalue weighted by atomic mass is 9.75. The minimum absolute atomic E-state index is 0.142. The van der Waals surface area contributed by atoms with Crippen molar-refractivity contribution in [2.24, 2.45) is 5.92 Å². The Labute approximate surface area is 206 Å². The van der Waals surface area contributed by atoms with Gasteiger partial charge in [0.15, 0.2) is 17.6 Å². The number of benzene rings is 1. The number of nitrogens with zero attached hydrogens (tertiary/aromatic N) is 2. The molecule has 1 aromatic rings. The Morgan fingerprint density at radius 2 is 1.60 bits per heavy atom. The molecule has 0 bridgehead atoms. The van der Waals surface area contributed by atoms with Crippen LogP contribution in [0.3, 0.4) is 0 Å². The molecule has 0 aromatic heterocycles. The third-order valence-corrected chi connectivity index (χ3v) is 6.98. The number of carbonyl (C=O) groups excluding carboxylic acids is 3. The van der Waals surface area contributed by atoms with Crippen molar-refractivity contribution in [2.75, 3.05) is 48.1 Å². The molecule has 1 spiro atoms. The van der Waals surface area contributed by atoms with Gasteiger partial charge in [-0.25, -0.2) is 0 Å². The van der Waals surface area contributed by atoms with E-state index in [9.17, 15) is 14.4 Å². The van der Waals surface area contributed by atoms with Crippen LogP contribution in [0.15, 0.2) is 12.1 Å². The van der Waals surface area contributed by atoms with Crippen LogP contribution in [0.2, 0.25) is 0 Å². The predicted molar refractivity (Wildman–Crippen MR) is 127 cm³/mol. The van der Waals surface area contributed by atoms with Gasteiger partial charge in [0, 0.05) is 31.8 Å². The maximum absolute atomic E-state index is 13.4. The van der Waals surface area contributed by atoms with E-state index in [0.29, 0.717) is 48.7 Å². The largest absolute Gasteiger partial charge is 0.493 e. The third kappa shape index (κ3) is 4.51. The first-order chi connectivity index (χ1) is 16.7. The Morgan fingerprint density at radius 3 is 2.03 bits per heavy atom. The van der Waals surface area contributed by atoms with Crippen LogP contribution < -0.4 is 14.2 Å². The number of hydrogen-bond acceptors (Lipinski definition) is 8. The van der Waals surface area contributed by atoms with Crippen molar-refractivity contribution in [3.8, 4) is 17.2 Å². The lowest BCUT2D eigenvalue weighted by Crippen LogP contribution is -2.60. The Kier molecular flexibility index (Phi) is 8.15. The van der Waals surface area contributed by atoms with Crippen LogP contribution >= 0.6 is 0 Å². The second kappa shape index (κ2) is 10.7. The zero-order valence-corrected chi connectivity index (χ0v) is 21.6. The smallest absolute Gasteiger partial charge is 0.314 e. The van der Waals surface area contributed by atoms with Gasteiger partial charge in [-0.15, -0.1) is 0 Å². The van der Waals surface area contributed by atoms with Gasteiger partial charge in [0.2, 0.25) is 5.75 Å². The fourth-order valence-electron chi connectivity index (χ4n) is 5.55. The molecule has 0 unspecified atom stereocenters. The summed E-state index contributed by atoms with van der Waals surface area (Å²) in [7, 11) is 5.93. The molecule has 10 heteroatoms. The van der Waals surface area contributed by atoms with Crippen LogP contribution in [-0.4, -0.2) is 93.4 Å². The number of carbonyl (C=O) groups is 3. The SMILES string of the molecule is CCOC(=O)[C@@H]1[C@@H](OC)C(=O)N(C(C)C)C12CCN(C(=O)c1cc(OC)c(OC)c(OC)c1)CC2. The second-order valence-electron chi connectivity index (χ2n) is 9.00. The molecule has 2 amide bonds. The molecule has 3 rings (SSSR count). The highest BCUT2D eigenvalue weighted by Gasteiger charge is 2.63. The zero-order valence-electron chi connectivity index (χ0n) is 21.6. The van der Waals surface area contributed by atoms with Gasteiger partial charge in [-0.05, 0) is 45.7 Å². The van der Waals surface area contributed by atoms with Crippen molar-refractivity contribution in [2.45, 2.75) is 51.3 Å². The number of rotatable bonds is 8. The lowest BCUT2D eigenvalue weighted by Gasteiger charge is -2.48. The van der Waals surface area contributed by atoms with Crippen LogP contribution in [0.5, 0.6) is 17.2 Å². The molecule has 35 heavy (non-hydrogen) atoms. The first-order valence-electron chi connectivity index (χ1n) is 11.8. The van der Waals surface area contributed by atoms with Crippen LogP contribution in [0.4, 0.5) is 0 Å². The summed E-state index contributed by atoms with van der Waals surface area (Å²) in [6, 6.07) is 3.10. The van der Waals surface area contributed by atoms with Gasteiger partial charge in [0.1, 0.15) is 5.92 Å². The van der Waals surface area contributed by atoms with Gasteiger partial charge < -0.3 is 33.5 Å². The van der Waals surface area contributed by atoms with Gasteiger partial charge in [-0.1, -0.05) is 0 Å². The molecule has 0 radical (unpaired) electrons. The monoisotopic (exact) mass is 492 g/mol. The summed E-state index contributed by atoms with van der Waals surface area (Å²) in [5.74, 6) is -0.437. The molecule has 0 aliphatic carbocycles. The van der Waals surface area contributed by atoms with Gasteiger partial charge >= 0.3 is 5.97 Å². The molecule has 0 saturated carbocycles. The third-order valence-electron chi connectivity index (χ3n) is 6.98. The molecule has 0 N–H and O–H groups in total. The fourth-order valence-corrected chi connectivity index (χ4v) is 5.55. The average molecular weight is 493 g/mol. The summed E-state index contributed by atoms with van der Waals surface area (Å²) in [4.78, 5) is 43.2. The first-order valence-corrected chi connectivity index (χ1v) is 11.8. The Balaban J connectivity index is 1.91. The molecule has 10 nitrogen and oxygen atoms in total. The van der Waals surface area contributed by atoms with E-state index >= 15 is 0 Å². The number of esters is 1. The van der Waals surface area contributed by atoms with Crippen molar-refractivity contribution in [1.82, 2.24) is 9.80 Å². The highest BCUT2D eigenvalue weighted by atomic mass is 16.5. The van der Waals surface area contributed by atoms with Crippen LogP contribution in [-0.2, 0) is 19.1 Å². The highest BCUT2D eigenvalue weighted by Crippen LogP contribution is 2.47. The van der Waals surface area contributed by atoms with E-state index in [1.165, 1.54) is 28.4 Å². The summed E-state index contributed by atoms with van der Waals surface area (Å²) in [6.07, 6.45) is -0.0545. The number of likely N-dealkylation sites (tertiary alicyclic amines) is 2. The summed E-state index contributed by atoms with van der Waals surface area (Å²) < 4.78 is 27.0. The van der Waals surface area contributed by atoms with Crippen molar-refractivity contribution in [1.29, 1.82) is 0 Å². The lowest BCUT2D eigenvalue weighted by molar-refractivity contribution is -0.157. The summed E-state index contributed by atoms with van der Waals surface area (Å²) in [6.45, 7) is 6.52. The maximum atomic E-state index is 13.4. The summed E-state index contributed by atoms with van der Waals surface area (Å²) >= 11 is 0. The minimum atomic E-state index is -0.909. The topological polar surface area (TPSA) is 104 Å². The van der Waals surface area contributed by atoms with E-state index in [-0.39, 0.29) is 24.5 Å². The molecule has 2 saturated heterocycles. The second-order valence-corrected chi connectivity index (χ2v) is 9.00. The molecule has 2 aliphatic rings. The van der Waals surface area contributed by atoms with E-state index < -0.39 is 23.5 Å². The standard InChI is InChI=1S/C25H36N2O8/c1-8-35-24(30)19-21(34-7)23(29)27(15(2)3)25(19)9-11-26(12-10-25)22(28)16-13-17(31-4)20(33-6)18(14-16)32-5/h13-15,19,21H,8-12H2,1-7H3/t19-,21+/m0/s1. The normalized spacial score (nSPS) is 21.4. The Hall–Kier alpha value is -3.01. The van der Waals surface area contributed by atoms with Gasteiger partial charge in [0.25, 0.3) is 11.8 Å². The highest BCUT2D eigenvalue weighted by molar-refractivity contribution is 5.96. The van der Waals surface area contributed by atoms with Crippen molar-refractivity contribution >= 4 is 17.8 Å². The van der Waals surface area contributed by atoms with E-state index in [2.05, 4.69) is 0 Å². The van der Waals surface area contributed by atoms with Crippen LogP contribution in [0, 0.1) is 5.92 Å². The number of amides is 2. The van der Waals surface area contributed by atoms with Gasteiger partial charge in [0.05, 0.1) is 33.5 Å². The molecular weight excluding hydrogens is 456 g/mol. The molecule has 1 aromatic carbocycles. The maximum Gasteiger partial charge on any atom is 0.314 e. The predicted octanol–water partition coefficient (Wildman–Crippen LogP) is 2.13. The zero-order chi connectivity index (χ0) is 25.9. The average Bonchev–Trinajstić information content (AvgIpc) is 3.09. The van der Waals surface area contributed by atoms with E-state index in [0.717, 1.165) is 0 Å². The Morgan fingerprint density at radius 1 is 1.03 bits per heavy atom. The molecule has 2 aliphatic heterocycles. The van der Waals surface area contributed by atoms with Crippen molar-refractivity contribution in [3.05, 3.63) is 17.7 Å². The van der Waals surface area contributed by atoms with Gasteiger partial charge in [-0.3, -0.25) is 14.4 Å². The Bertz CT molecular complexity index is 930.